The Morgan fingerprint density at radius 3 is 2.88 bits per heavy atom. The molecule has 0 radical (unpaired) electrons. The van der Waals surface area contributed by atoms with Gasteiger partial charge in [0.15, 0.2) is 0 Å². The summed E-state index contributed by atoms with van der Waals surface area (Å²) in [5, 5.41) is 21.8. The standard InChI is InChI=1S/C11H14N2O3/c14-10(15)8-6-12-5-2-9(8)13-7-11(16)3-1-4-11/h2,5-6,16H,1,3-4,7H2,(H,12,13)(H,14,15). The molecule has 0 spiro atoms. The van der Waals surface area contributed by atoms with Crippen LogP contribution in [0.4, 0.5) is 5.69 Å². The van der Waals surface area contributed by atoms with Gasteiger partial charge in [0.2, 0.25) is 0 Å². The van der Waals surface area contributed by atoms with E-state index in [1.807, 2.05) is 0 Å². The van der Waals surface area contributed by atoms with E-state index in [1.54, 1.807) is 6.07 Å². The summed E-state index contributed by atoms with van der Waals surface area (Å²) in [4.78, 5) is 14.6. The first kappa shape index (κ1) is 10.9. The second kappa shape index (κ2) is 4.09. The number of hydrogen-bond donors (Lipinski definition) is 3. The van der Waals surface area contributed by atoms with Crippen molar-refractivity contribution in [3.05, 3.63) is 24.0 Å². The SMILES string of the molecule is O=C(O)c1cnccc1NCC1(O)CCC1. The van der Waals surface area contributed by atoms with E-state index in [0.29, 0.717) is 12.2 Å². The Morgan fingerprint density at radius 2 is 2.31 bits per heavy atom. The van der Waals surface area contributed by atoms with Crippen molar-refractivity contribution < 1.29 is 15.0 Å². The fraction of sp³-hybridized carbons (Fsp3) is 0.455. The lowest BCUT2D eigenvalue weighted by molar-refractivity contribution is -0.0202. The third kappa shape index (κ3) is 2.14. The molecule has 3 N–H and O–H groups in total. The number of aromatic nitrogens is 1. The van der Waals surface area contributed by atoms with Crippen molar-refractivity contribution in [2.45, 2.75) is 24.9 Å². The van der Waals surface area contributed by atoms with Crippen LogP contribution in [0.5, 0.6) is 0 Å². The number of anilines is 1. The van der Waals surface area contributed by atoms with Crippen LogP contribution in [0.2, 0.25) is 0 Å². The van der Waals surface area contributed by atoms with Crippen molar-refractivity contribution in [3.8, 4) is 0 Å². The van der Waals surface area contributed by atoms with Crippen LogP contribution in [0, 0.1) is 0 Å². The third-order valence-electron chi connectivity index (χ3n) is 2.94. The molecule has 5 heteroatoms. The van der Waals surface area contributed by atoms with Gasteiger partial charge in [-0.25, -0.2) is 4.79 Å². The van der Waals surface area contributed by atoms with Crippen LogP contribution in [0.3, 0.4) is 0 Å². The minimum Gasteiger partial charge on any atom is -0.478 e. The highest BCUT2D eigenvalue weighted by atomic mass is 16.4. The molecule has 1 aromatic rings. The predicted molar refractivity (Wildman–Crippen MR) is 58.5 cm³/mol. The topological polar surface area (TPSA) is 82.5 Å². The van der Waals surface area contributed by atoms with E-state index in [1.165, 1.54) is 12.4 Å². The van der Waals surface area contributed by atoms with Crippen LogP contribution in [-0.4, -0.2) is 33.3 Å². The molecule has 1 fully saturated rings. The molecule has 0 amide bonds. The minimum atomic E-state index is -1.02. The van der Waals surface area contributed by atoms with Gasteiger partial charge in [-0.2, -0.15) is 0 Å². The molecule has 1 saturated carbocycles. The molecule has 16 heavy (non-hydrogen) atoms. The highest BCUT2D eigenvalue weighted by molar-refractivity contribution is 5.93. The van der Waals surface area contributed by atoms with Gasteiger partial charge in [-0.05, 0) is 25.3 Å². The van der Waals surface area contributed by atoms with Gasteiger partial charge >= 0.3 is 5.97 Å². The number of rotatable bonds is 4. The van der Waals surface area contributed by atoms with Crippen LogP contribution in [0.25, 0.3) is 0 Å². The van der Waals surface area contributed by atoms with Gasteiger partial charge in [-0.15, -0.1) is 0 Å². The smallest absolute Gasteiger partial charge is 0.339 e. The first-order chi connectivity index (χ1) is 7.61. The molecule has 86 valence electrons. The third-order valence-corrected chi connectivity index (χ3v) is 2.94. The molecule has 0 unspecified atom stereocenters. The highest BCUT2D eigenvalue weighted by Gasteiger charge is 2.34. The first-order valence-electron chi connectivity index (χ1n) is 5.24. The summed E-state index contributed by atoms with van der Waals surface area (Å²) in [6, 6.07) is 1.60. The number of pyridine rings is 1. The number of carboxylic acids is 1. The number of nitrogens with zero attached hydrogens (tertiary/aromatic N) is 1. The number of nitrogens with one attached hydrogen (secondary N) is 1. The first-order valence-corrected chi connectivity index (χ1v) is 5.24. The van der Waals surface area contributed by atoms with Gasteiger partial charge in [0.1, 0.15) is 5.56 Å². The Balaban J connectivity index is 2.06. The van der Waals surface area contributed by atoms with Crippen molar-refractivity contribution in [3.63, 3.8) is 0 Å². The number of aliphatic hydroxyl groups is 1. The lowest BCUT2D eigenvalue weighted by Crippen LogP contribution is -2.43. The summed E-state index contributed by atoms with van der Waals surface area (Å²) in [6.07, 6.45) is 5.40. The second-order valence-electron chi connectivity index (χ2n) is 4.16. The molecule has 1 heterocycles. The molecule has 5 nitrogen and oxygen atoms in total. The molecule has 1 aliphatic rings. The maximum Gasteiger partial charge on any atom is 0.339 e. The van der Waals surface area contributed by atoms with E-state index in [2.05, 4.69) is 10.3 Å². The number of hydrogen-bond acceptors (Lipinski definition) is 4. The van der Waals surface area contributed by atoms with Crippen LogP contribution < -0.4 is 5.32 Å². The Kier molecular flexibility index (Phi) is 2.78. The van der Waals surface area contributed by atoms with Crippen molar-refractivity contribution in [2.24, 2.45) is 0 Å². The lowest BCUT2D eigenvalue weighted by atomic mass is 9.80. The van der Waals surface area contributed by atoms with E-state index >= 15 is 0 Å². The quantitative estimate of drug-likeness (QED) is 0.710. The Morgan fingerprint density at radius 1 is 1.56 bits per heavy atom. The normalized spacial score (nSPS) is 17.6. The molecule has 0 bridgehead atoms. The Bertz CT molecular complexity index is 402. The summed E-state index contributed by atoms with van der Waals surface area (Å²) in [7, 11) is 0. The van der Waals surface area contributed by atoms with E-state index < -0.39 is 11.6 Å². The van der Waals surface area contributed by atoms with Gasteiger partial charge in [0.25, 0.3) is 0 Å². The molecule has 0 atom stereocenters. The van der Waals surface area contributed by atoms with Crippen molar-refractivity contribution in [2.75, 3.05) is 11.9 Å². The highest BCUT2D eigenvalue weighted by Crippen LogP contribution is 2.31. The molecule has 1 aromatic heterocycles. The van der Waals surface area contributed by atoms with Crippen LogP contribution >= 0.6 is 0 Å². The zero-order valence-corrected chi connectivity index (χ0v) is 8.81. The molecule has 0 aliphatic heterocycles. The second-order valence-corrected chi connectivity index (χ2v) is 4.16. The number of aromatic carboxylic acids is 1. The summed E-state index contributed by atoms with van der Waals surface area (Å²) in [5.41, 5.74) is -0.0350. The van der Waals surface area contributed by atoms with E-state index in [0.717, 1.165) is 19.3 Å². The predicted octanol–water partition coefficient (Wildman–Crippen LogP) is 1.11. The molecule has 2 rings (SSSR count). The van der Waals surface area contributed by atoms with E-state index in [4.69, 9.17) is 5.11 Å². The average Bonchev–Trinajstić information content (AvgIpc) is 2.24. The molecule has 0 aromatic carbocycles. The molecule has 0 saturated heterocycles. The monoisotopic (exact) mass is 222 g/mol. The fourth-order valence-corrected chi connectivity index (χ4v) is 1.74. The Hall–Kier alpha value is -1.62. The molecule has 1 aliphatic carbocycles. The maximum atomic E-state index is 10.9. The summed E-state index contributed by atoms with van der Waals surface area (Å²) in [5.74, 6) is -1.02. The molecular formula is C11H14N2O3. The minimum absolute atomic E-state index is 0.130. The average molecular weight is 222 g/mol. The zero-order chi connectivity index (χ0) is 11.6. The van der Waals surface area contributed by atoms with Crippen molar-refractivity contribution >= 4 is 11.7 Å². The Labute approximate surface area is 93.1 Å². The number of carboxylic acid groups (broad SMARTS) is 1. The lowest BCUT2D eigenvalue weighted by Gasteiger charge is -2.37. The van der Waals surface area contributed by atoms with E-state index in [9.17, 15) is 9.90 Å². The van der Waals surface area contributed by atoms with Gasteiger partial charge in [0.05, 0.1) is 11.3 Å². The van der Waals surface area contributed by atoms with Gasteiger partial charge in [-0.3, -0.25) is 4.98 Å². The maximum absolute atomic E-state index is 10.9. The van der Waals surface area contributed by atoms with Crippen molar-refractivity contribution in [1.82, 2.24) is 4.98 Å². The van der Waals surface area contributed by atoms with Gasteiger partial charge < -0.3 is 15.5 Å². The zero-order valence-electron chi connectivity index (χ0n) is 8.81. The fourth-order valence-electron chi connectivity index (χ4n) is 1.74. The van der Waals surface area contributed by atoms with Crippen LogP contribution in [0.1, 0.15) is 29.6 Å². The molecular weight excluding hydrogens is 208 g/mol. The van der Waals surface area contributed by atoms with Crippen LogP contribution in [-0.2, 0) is 0 Å². The summed E-state index contributed by atoms with van der Waals surface area (Å²) >= 11 is 0. The van der Waals surface area contributed by atoms with E-state index in [-0.39, 0.29) is 5.56 Å². The summed E-state index contributed by atoms with van der Waals surface area (Å²) < 4.78 is 0. The van der Waals surface area contributed by atoms with Crippen LogP contribution in [0.15, 0.2) is 18.5 Å². The summed E-state index contributed by atoms with van der Waals surface area (Å²) in [6.45, 7) is 0.386. The number of carbonyl (C=O) groups is 1. The van der Waals surface area contributed by atoms with Crippen molar-refractivity contribution in [1.29, 1.82) is 0 Å². The largest absolute Gasteiger partial charge is 0.478 e. The van der Waals surface area contributed by atoms with Gasteiger partial charge in [-0.1, -0.05) is 0 Å². The van der Waals surface area contributed by atoms with Gasteiger partial charge in [0, 0.05) is 18.9 Å².